The van der Waals surface area contributed by atoms with Gasteiger partial charge in [0.25, 0.3) is 5.91 Å². The van der Waals surface area contributed by atoms with E-state index in [1.165, 1.54) is 0 Å². The monoisotopic (exact) mass is 340 g/mol. The van der Waals surface area contributed by atoms with E-state index in [0.29, 0.717) is 37.0 Å². The molecule has 7 nitrogen and oxygen atoms in total. The zero-order chi connectivity index (χ0) is 17.4. The first-order valence-corrected chi connectivity index (χ1v) is 8.57. The Morgan fingerprint density at radius 3 is 2.88 bits per heavy atom. The van der Waals surface area contributed by atoms with Crippen molar-refractivity contribution in [1.29, 1.82) is 0 Å². The number of aliphatic hydroxyl groups is 1. The van der Waals surface area contributed by atoms with Gasteiger partial charge in [0, 0.05) is 37.6 Å². The van der Waals surface area contributed by atoms with Crippen LogP contribution in [-0.4, -0.2) is 57.5 Å². The predicted molar refractivity (Wildman–Crippen MR) is 90.7 cm³/mol. The van der Waals surface area contributed by atoms with Gasteiger partial charge in [0.15, 0.2) is 0 Å². The first kappa shape index (κ1) is 16.0. The Morgan fingerprint density at radius 1 is 1.28 bits per heavy atom. The van der Waals surface area contributed by atoms with Crippen LogP contribution >= 0.6 is 0 Å². The third kappa shape index (κ3) is 2.64. The van der Waals surface area contributed by atoms with E-state index in [9.17, 15) is 14.7 Å². The lowest BCUT2D eigenvalue weighted by atomic mass is 9.71. The van der Waals surface area contributed by atoms with Gasteiger partial charge in [-0.05, 0) is 37.5 Å². The van der Waals surface area contributed by atoms with E-state index in [1.54, 1.807) is 35.5 Å². The maximum absolute atomic E-state index is 12.9. The van der Waals surface area contributed by atoms with Gasteiger partial charge in [0.05, 0.1) is 22.6 Å². The Bertz CT molecular complexity index is 840. The number of hydrogen-bond donors (Lipinski definition) is 2. The molecule has 0 unspecified atom stereocenters. The molecule has 4 rings (SSSR count). The number of aliphatic hydroxyl groups excluding tert-OH is 1. The summed E-state index contributed by atoms with van der Waals surface area (Å²) in [5.41, 5.74) is 1.03. The van der Waals surface area contributed by atoms with Crippen molar-refractivity contribution in [3.63, 3.8) is 0 Å². The van der Waals surface area contributed by atoms with Crippen LogP contribution in [0.2, 0.25) is 0 Å². The van der Waals surface area contributed by atoms with Gasteiger partial charge in [-0.3, -0.25) is 19.6 Å². The molecule has 2 N–H and O–H groups in total. The van der Waals surface area contributed by atoms with E-state index in [4.69, 9.17) is 0 Å². The summed E-state index contributed by atoms with van der Waals surface area (Å²) in [4.78, 5) is 35.5. The predicted octanol–water partition coefficient (Wildman–Crippen LogP) is 0.733. The number of hydrogen-bond acceptors (Lipinski definition) is 5. The van der Waals surface area contributed by atoms with Crippen molar-refractivity contribution >= 4 is 22.8 Å². The lowest BCUT2D eigenvalue weighted by Crippen LogP contribution is -2.62. The van der Waals surface area contributed by atoms with Crippen LogP contribution in [0.15, 0.2) is 30.6 Å². The maximum atomic E-state index is 12.9. The van der Waals surface area contributed by atoms with E-state index >= 15 is 0 Å². The lowest BCUT2D eigenvalue weighted by molar-refractivity contribution is -0.147. The summed E-state index contributed by atoms with van der Waals surface area (Å²) >= 11 is 0. The second-order valence-electron chi connectivity index (χ2n) is 6.81. The molecule has 2 aliphatic rings. The maximum Gasteiger partial charge on any atom is 0.253 e. The van der Waals surface area contributed by atoms with Gasteiger partial charge in [0.1, 0.15) is 0 Å². The van der Waals surface area contributed by atoms with Crippen molar-refractivity contribution in [3.8, 4) is 0 Å². The number of rotatable bonds is 1. The highest BCUT2D eigenvalue weighted by molar-refractivity contribution is 5.98. The number of carbonyl (C=O) groups is 2. The third-order valence-corrected chi connectivity index (χ3v) is 5.32. The van der Waals surface area contributed by atoms with Crippen molar-refractivity contribution in [2.75, 3.05) is 19.6 Å². The largest absolute Gasteiger partial charge is 0.392 e. The first-order chi connectivity index (χ1) is 12.1. The Hall–Kier alpha value is -2.54. The number of likely N-dealkylation sites (tertiary alicyclic amines) is 1. The fraction of sp³-hybridized carbons (Fsp3) is 0.444. The zero-order valence-electron chi connectivity index (χ0n) is 13.8. The molecular formula is C18H20N4O3. The van der Waals surface area contributed by atoms with Crippen molar-refractivity contribution < 1.29 is 14.7 Å². The Kier molecular flexibility index (Phi) is 3.88. The molecule has 0 aliphatic carbocycles. The number of amides is 2. The van der Waals surface area contributed by atoms with Gasteiger partial charge < -0.3 is 15.3 Å². The zero-order valence-corrected chi connectivity index (χ0v) is 13.8. The lowest BCUT2D eigenvalue weighted by Gasteiger charge is -2.46. The molecule has 130 valence electrons. The van der Waals surface area contributed by atoms with Crippen molar-refractivity contribution in [2.24, 2.45) is 5.41 Å². The van der Waals surface area contributed by atoms with Gasteiger partial charge in [0.2, 0.25) is 5.91 Å². The third-order valence-electron chi connectivity index (χ3n) is 5.32. The quantitative estimate of drug-likeness (QED) is 0.798. The standard InChI is InChI=1S/C18H20N4O3/c23-15-4-9-22(11-18(15)5-1-6-21-17(18)25)16(24)12-2-3-13-14(10-12)20-8-7-19-13/h2-3,7-8,10,15,23H,1,4-6,9,11H2,(H,21,25)/t15-,18+/m0/s1. The number of fused-ring (bicyclic) bond motifs is 1. The minimum atomic E-state index is -0.886. The average molecular weight is 340 g/mol. The van der Waals surface area contributed by atoms with Crippen LogP contribution in [0.4, 0.5) is 0 Å². The van der Waals surface area contributed by atoms with E-state index in [0.717, 1.165) is 11.9 Å². The minimum Gasteiger partial charge on any atom is -0.392 e. The van der Waals surface area contributed by atoms with Crippen molar-refractivity contribution in [2.45, 2.75) is 25.4 Å². The number of nitrogens with one attached hydrogen (secondary N) is 1. The Balaban J connectivity index is 1.62. The molecule has 7 heteroatoms. The molecule has 1 aromatic heterocycles. The summed E-state index contributed by atoms with van der Waals surface area (Å²) in [5.74, 6) is -0.287. The molecule has 1 spiro atoms. The van der Waals surface area contributed by atoms with Gasteiger partial charge in [-0.15, -0.1) is 0 Å². The van der Waals surface area contributed by atoms with E-state index in [-0.39, 0.29) is 18.4 Å². The van der Waals surface area contributed by atoms with Crippen LogP contribution in [0, 0.1) is 5.41 Å². The topological polar surface area (TPSA) is 95.4 Å². The molecular weight excluding hydrogens is 320 g/mol. The van der Waals surface area contributed by atoms with Gasteiger partial charge in [-0.1, -0.05) is 0 Å². The number of carbonyl (C=O) groups excluding carboxylic acids is 2. The highest BCUT2D eigenvalue weighted by atomic mass is 16.3. The number of piperidine rings is 2. The molecule has 0 radical (unpaired) electrons. The molecule has 0 saturated carbocycles. The molecule has 25 heavy (non-hydrogen) atoms. The Morgan fingerprint density at radius 2 is 2.08 bits per heavy atom. The second kappa shape index (κ2) is 6.07. The molecule has 2 aliphatic heterocycles. The normalized spacial score (nSPS) is 26.7. The smallest absolute Gasteiger partial charge is 0.253 e. The molecule has 2 aromatic rings. The molecule has 3 heterocycles. The molecule has 2 saturated heterocycles. The molecule has 1 aromatic carbocycles. The highest BCUT2D eigenvalue weighted by Gasteiger charge is 2.50. The van der Waals surface area contributed by atoms with Crippen LogP contribution in [-0.2, 0) is 4.79 Å². The number of aromatic nitrogens is 2. The van der Waals surface area contributed by atoms with E-state index in [2.05, 4.69) is 15.3 Å². The summed E-state index contributed by atoms with van der Waals surface area (Å²) in [6, 6.07) is 5.23. The van der Waals surface area contributed by atoms with Crippen LogP contribution in [0.1, 0.15) is 29.6 Å². The average Bonchev–Trinajstić information content (AvgIpc) is 2.65. The Labute approximate surface area is 145 Å². The summed E-state index contributed by atoms with van der Waals surface area (Å²) in [6.45, 7) is 1.31. The first-order valence-electron chi connectivity index (χ1n) is 8.57. The van der Waals surface area contributed by atoms with Crippen LogP contribution < -0.4 is 5.32 Å². The molecule has 2 amide bonds. The summed E-state index contributed by atoms with van der Waals surface area (Å²) < 4.78 is 0. The molecule has 0 bridgehead atoms. The van der Waals surface area contributed by atoms with Gasteiger partial charge in [-0.25, -0.2) is 0 Å². The van der Waals surface area contributed by atoms with Crippen LogP contribution in [0.3, 0.4) is 0 Å². The highest BCUT2D eigenvalue weighted by Crippen LogP contribution is 2.37. The molecule has 2 atom stereocenters. The summed E-state index contributed by atoms with van der Waals surface area (Å²) in [7, 11) is 0. The summed E-state index contributed by atoms with van der Waals surface area (Å²) in [6.07, 6.45) is 4.33. The van der Waals surface area contributed by atoms with Gasteiger partial charge >= 0.3 is 0 Å². The SMILES string of the molecule is O=C(c1ccc2nccnc2c1)N1CC[C@H](O)[C@@]2(CCCNC2=O)C1. The van der Waals surface area contributed by atoms with Crippen LogP contribution in [0.25, 0.3) is 11.0 Å². The summed E-state index contributed by atoms with van der Waals surface area (Å²) in [5, 5.41) is 13.3. The number of nitrogens with zero attached hydrogens (tertiary/aromatic N) is 3. The molecule has 2 fully saturated rings. The van der Waals surface area contributed by atoms with Crippen LogP contribution in [0.5, 0.6) is 0 Å². The van der Waals surface area contributed by atoms with Crippen molar-refractivity contribution in [1.82, 2.24) is 20.2 Å². The van der Waals surface area contributed by atoms with E-state index < -0.39 is 11.5 Å². The fourth-order valence-corrected chi connectivity index (χ4v) is 3.90. The van der Waals surface area contributed by atoms with E-state index in [1.807, 2.05) is 0 Å². The second-order valence-corrected chi connectivity index (χ2v) is 6.81. The number of benzene rings is 1. The fourth-order valence-electron chi connectivity index (χ4n) is 3.90. The minimum absolute atomic E-state index is 0.141. The van der Waals surface area contributed by atoms with Crippen molar-refractivity contribution in [3.05, 3.63) is 36.2 Å². The van der Waals surface area contributed by atoms with Gasteiger partial charge in [-0.2, -0.15) is 0 Å².